The molecule has 1 aromatic carbocycles. The molecule has 1 aromatic rings. The molecular formula is C17H23N3O2. The van der Waals surface area contributed by atoms with Crippen LogP contribution in [0, 0.1) is 6.92 Å². The van der Waals surface area contributed by atoms with Gasteiger partial charge < -0.3 is 15.5 Å². The third kappa shape index (κ3) is 2.99. The maximum absolute atomic E-state index is 12.7. The second kappa shape index (κ2) is 6.08. The normalized spacial score (nSPS) is 25.1. The van der Waals surface area contributed by atoms with Gasteiger partial charge >= 0.3 is 0 Å². The lowest BCUT2D eigenvalue weighted by Gasteiger charge is -2.28. The summed E-state index contributed by atoms with van der Waals surface area (Å²) in [4.78, 5) is 28.4. The number of rotatable bonds is 3. The zero-order chi connectivity index (χ0) is 15.7. The van der Waals surface area contributed by atoms with Crippen LogP contribution in [-0.2, 0) is 16.1 Å². The van der Waals surface area contributed by atoms with Crippen LogP contribution in [0.25, 0.3) is 0 Å². The van der Waals surface area contributed by atoms with Gasteiger partial charge in [-0.1, -0.05) is 29.8 Å². The number of carbonyl (C=O) groups excluding carboxylic acids is 2. The average molecular weight is 301 g/mol. The molecule has 2 aliphatic heterocycles. The van der Waals surface area contributed by atoms with Crippen LogP contribution in [0.15, 0.2) is 24.3 Å². The second-order valence-corrected chi connectivity index (χ2v) is 6.39. The number of likely N-dealkylation sites (tertiary alicyclic amines) is 2. The van der Waals surface area contributed by atoms with Crippen molar-refractivity contribution in [1.29, 1.82) is 0 Å². The molecule has 0 bridgehead atoms. The first-order valence-corrected chi connectivity index (χ1v) is 7.94. The Morgan fingerprint density at radius 1 is 1.27 bits per heavy atom. The molecule has 22 heavy (non-hydrogen) atoms. The Bertz CT molecular complexity index is 570. The molecule has 5 heteroatoms. The van der Waals surface area contributed by atoms with Crippen LogP contribution in [-0.4, -0.2) is 46.8 Å². The molecule has 2 aliphatic rings. The summed E-state index contributed by atoms with van der Waals surface area (Å²) >= 11 is 0. The number of amides is 2. The van der Waals surface area contributed by atoms with E-state index in [9.17, 15) is 9.59 Å². The summed E-state index contributed by atoms with van der Waals surface area (Å²) < 4.78 is 0. The lowest BCUT2D eigenvalue weighted by atomic mass is 10.1. The SMILES string of the molecule is Cc1ccc(CN2C(=O)CCC2C(=O)N2CC[C@@H](N)C2)cc1. The van der Waals surface area contributed by atoms with Crippen molar-refractivity contribution in [2.75, 3.05) is 13.1 Å². The first-order chi connectivity index (χ1) is 10.5. The van der Waals surface area contributed by atoms with E-state index in [2.05, 4.69) is 0 Å². The Kier molecular flexibility index (Phi) is 4.16. The number of nitrogens with zero attached hydrogens (tertiary/aromatic N) is 2. The van der Waals surface area contributed by atoms with Crippen molar-refractivity contribution >= 4 is 11.8 Å². The molecule has 0 saturated carbocycles. The van der Waals surface area contributed by atoms with Gasteiger partial charge in [-0.2, -0.15) is 0 Å². The zero-order valence-corrected chi connectivity index (χ0v) is 13.0. The third-order valence-electron chi connectivity index (χ3n) is 4.62. The van der Waals surface area contributed by atoms with Crippen molar-refractivity contribution in [1.82, 2.24) is 9.80 Å². The van der Waals surface area contributed by atoms with Gasteiger partial charge in [-0.15, -0.1) is 0 Å². The molecule has 2 N–H and O–H groups in total. The molecule has 0 aromatic heterocycles. The predicted octanol–water partition coefficient (Wildman–Crippen LogP) is 1.05. The molecule has 118 valence electrons. The summed E-state index contributed by atoms with van der Waals surface area (Å²) in [5.74, 6) is 0.133. The Morgan fingerprint density at radius 2 is 2.00 bits per heavy atom. The Balaban J connectivity index is 1.71. The molecule has 2 saturated heterocycles. The summed E-state index contributed by atoms with van der Waals surface area (Å²) in [6.45, 7) is 3.87. The standard InChI is InChI=1S/C17H23N3O2/c1-12-2-4-13(5-3-12)10-20-15(6-7-16(20)21)17(22)19-9-8-14(18)11-19/h2-5,14-15H,6-11,18H2,1H3/t14-,15?/m1/s1. The van der Waals surface area contributed by atoms with E-state index in [1.165, 1.54) is 5.56 Å². The van der Waals surface area contributed by atoms with Crippen molar-refractivity contribution in [3.8, 4) is 0 Å². The highest BCUT2D eigenvalue weighted by Gasteiger charge is 2.39. The average Bonchev–Trinajstić information content (AvgIpc) is 3.08. The Hall–Kier alpha value is -1.88. The molecular weight excluding hydrogens is 278 g/mol. The molecule has 2 fully saturated rings. The van der Waals surface area contributed by atoms with E-state index in [0.717, 1.165) is 12.0 Å². The summed E-state index contributed by atoms with van der Waals surface area (Å²) in [6, 6.07) is 7.87. The van der Waals surface area contributed by atoms with Gasteiger partial charge in [0.2, 0.25) is 11.8 Å². The highest BCUT2D eigenvalue weighted by atomic mass is 16.2. The van der Waals surface area contributed by atoms with E-state index in [0.29, 0.717) is 32.5 Å². The summed E-state index contributed by atoms with van der Waals surface area (Å²) in [5, 5.41) is 0. The smallest absolute Gasteiger partial charge is 0.245 e. The van der Waals surface area contributed by atoms with Crippen molar-refractivity contribution < 1.29 is 9.59 Å². The minimum atomic E-state index is -0.320. The molecule has 2 heterocycles. The first kappa shape index (κ1) is 15.0. The fourth-order valence-corrected chi connectivity index (χ4v) is 3.28. The number of hydrogen-bond donors (Lipinski definition) is 1. The first-order valence-electron chi connectivity index (χ1n) is 7.94. The second-order valence-electron chi connectivity index (χ2n) is 6.39. The molecule has 3 rings (SSSR count). The van der Waals surface area contributed by atoms with Crippen LogP contribution in [0.1, 0.15) is 30.4 Å². The molecule has 0 radical (unpaired) electrons. The number of nitrogens with two attached hydrogens (primary N) is 1. The van der Waals surface area contributed by atoms with E-state index < -0.39 is 0 Å². The summed E-state index contributed by atoms with van der Waals surface area (Å²) in [6.07, 6.45) is 1.93. The minimum Gasteiger partial charge on any atom is -0.339 e. The molecule has 1 unspecified atom stereocenters. The van der Waals surface area contributed by atoms with E-state index >= 15 is 0 Å². The van der Waals surface area contributed by atoms with E-state index in [-0.39, 0.29) is 23.9 Å². The van der Waals surface area contributed by atoms with Crippen molar-refractivity contribution in [2.24, 2.45) is 5.73 Å². The van der Waals surface area contributed by atoms with Gasteiger partial charge in [-0.05, 0) is 25.3 Å². The minimum absolute atomic E-state index is 0.0610. The number of benzene rings is 1. The van der Waals surface area contributed by atoms with Gasteiger partial charge in [0.25, 0.3) is 0 Å². The lowest BCUT2D eigenvalue weighted by Crippen LogP contribution is -2.46. The molecule has 0 spiro atoms. The lowest BCUT2D eigenvalue weighted by molar-refractivity contribution is -0.141. The molecule has 5 nitrogen and oxygen atoms in total. The van der Waals surface area contributed by atoms with Crippen LogP contribution in [0.5, 0.6) is 0 Å². The van der Waals surface area contributed by atoms with Gasteiger partial charge in [0.15, 0.2) is 0 Å². The fraction of sp³-hybridized carbons (Fsp3) is 0.529. The number of aryl methyl sites for hydroxylation is 1. The fourth-order valence-electron chi connectivity index (χ4n) is 3.28. The Morgan fingerprint density at radius 3 is 2.64 bits per heavy atom. The number of carbonyl (C=O) groups is 2. The Labute approximate surface area is 131 Å². The zero-order valence-electron chi connectivity index (χ0n) is 13.0. The molecule has 2 atom stereocenters. The van der Waals surface area contributed by atoms with Gasteiger partial charge in [0.1, 0.15) is 6.04 Å². The maximum atomic E-state index is 12.7. The van der Waals surface area contributed by atoms with Gasteiger partial charge in [0, 0.05) is 32.1 Å². The molecule has 0 aliphatic carbocycles. The van der Waals surface area contributed by atoms with Gasteiger partial charge in [0.05, 0.1) is 0 Å². The van der Waals surface area contributed by atoms with E-state index in [1.807, 2.05) is 36.1 Å². The van der Waals surface area contributed by atoms with Crippen LogP contribution < -0.4 is 5.73 Å². The number of hydrogen-bond acceptors (Lipinski definition) is 3. The highest BCUT2D eigenvalue weighted by Crippen LogP contribution is 2.24. The van der Waals surface area contributed by atoms with Gasteiger partial charge in [-0.25, -0.2) is 0 Å². The van der Waals surface area contributed by atoms with Crippen molar-refractivity contribution in [3.63, 3.8) is 0 Å². The van der Waals surface area contributed by atoms with Gasteiger partial charge in [-0.3, -0.25) is 9.59 Å². The highest BCUT2D eigenvalue weighted by molar-refractivity contribution is 5.91. The summed E-state index contributed by atoms with van der Waals surface area (Å²) in [7, 11) is 0. The summed E-state index contributed by atoms with van der Waals surface area (Å²) in [5.41, 5.74) is 8.14. The van der Waals surface area contributed by atoms with Crippen LogP contribution in [0.4, 0.5) is 0 Å². The van der Waals surface area contributed by atoms with Crippen LogP contribution in [0.2, 0.25) is 0 Å². The topological polar surface area (TPSA) is 66.6 Å². The third-order valence-corrected chi connectivity index (χ3v) is 4.62. The molecule has 2 amide bonds. The van der Waals surface area contributed by atoms with Crippen LogP contribution in [0.3, 0.4) is 0 Å². The van der Waals surface area contributed by atoms with Crippen LogP contribution >= 0.6 is 0 Å². The van der Waals surface area contributed by atoms with Crippen molar-refractivity contribution in [2.45, 2.75) is 44.8 Å². The maximum Gasteiger partial charge on any atom is 0.245 e. The van der Waals surface area contributed by atoms with Crippen molar-refractivity contribution in [3.05, 3.63) is 35.4 Å². The van der Waals surface area contributed by atoms with E-state index in [4.69, 9.17) is 5.73 Å². The monoisotopic (exact) mass is 301 g/mol. The largest absolute Gasteiger partial charge is 0.339 e. The quantitative estimate of drug-likeness (QED) is 0.907. The van der Waals surface area contributed by atoms with E-state index in [1.54, 1.807) is 4.90 Å². The predicted molar refractivity (Wildman–Crippen MR) is 83.9 cm³/mol.